The highest BCUT2D eigenvalue weighted by Crippen LogP contribution is 2.32. The lowest BCUT2D eigenvalue weighted by atomic mass is 10.3. The lowest BCUT2D eigenvalue weighted by Gasteiger charge is -2.09. The summed E-state index contributed by atoms with van der Waals surface area (Å²) in [5.41, 5.74) is 1.45. The maximum atomic E-state index is 10.9. The number of pyridine rings is 1. The minimum atomic E-state index is -0.478. The van der Waals surface area contributed by atoms with E-state index in [0.29, 0.717) is 17.2 Å². The Morgan fingerprint density at radius 3 is 2.83 bits per heavy atom. The van der Waals surface area contributed by atoms with E-state index in [4.69, 9.17) is 9.47 Å². The van der Waals surface area contributed by atoms with Crippen molar-refractivity contribution in [3.63, 3.8) is 0 Å². The molecule has 24 heavy (non-hydrogen) atoms. The SMILES string of the molecule is COc1ccc([N+](=O)[O-])cc1OCc1csc(-c2ccccn2)n1. The summed E-state index contributed by atoms with van der Waals surface area (Å²) < 4.78 is 10.8. The van der Waals surface area contributed by atoms with Crippen molar-refractivity contribution >= 4 is 17.0 Å². The molecule has 0 saturated carbocycles. The summed E-state index contributed by atoms with van der Waals surface area (Å²) >= 11 is 1.46. The fraction of sp³-hybridized carbons (Fsp3) is 0.125. The first-order chi connectivity index (χ1) is 11.7. The molecule has 122 valence electrons. The molecular weight excluding hydrogens is 330 g/mol. The van der Waals surface area contributed by atoms with Crippen molar-refractivity contribution in [1.82, 2.24) is 9.97 Å². The Bertz CT molecular complexity index is 852. The van der Waals surface area contributed by atoms with Crippen molar-refractivity contribution in [3.05, 3.63) is 63.8 Å². The van der Waals surface area contributed by atoms with Crippen LogP contribution in [0, 0.1) is 10.1 Å². The van der Waals surface area contributed by atoms with Gasteiger partial charge in [-0.05, 0) is 18.2 Å². The number of ether oxygens (including phenoxy) is 2. The number of hydrogen-bond acceptors (Lipinski definition) is 7. The smallest absolute Gasteiger partial charge is 0.273 e. The molecule has 0 unspecified atom stereocenters. The van der Waals surface area contributed by atoms with E-state index in [2.05, 4.69) is 9.97 Å². The van der Waals surface area contributed by atoms with Crippen molar-refractivity contribution in [1.29, 1.82) is 0 Å². The topological polar surface area (TPSA) is 87.4 Å². The fourth-order valence-electron chi connectivity index (χ4n) is 2.02. The third kappa shape index (κ3) is 3.49. The normalized spacial score (nSPS) is 10.4. The zero-order chi connectivity index (χ0) is 16.9. The standard InChI is InChI=1S/C16H13N3O4S/c1-22-14-6-5-12(19(20)21)8-15(14)23-9-11-10-24-16(18-11)13-4-2-3-7-17-13/h2-8,10H,9H2,1H3. The molecule has 2 heterocycles. The van der Waals surface area contributed by atoms with Crippen LogP contribution in [0.4, 0.5) is 5.69 Å². The van der Waals surface area contributed by atoms with Crippen molar-refractivity contribution in [2.24, 2.45) is 0 Å². The first-order valence-electron chi connectivity index (χ1n) is 6.98. The number of aromatic nitrogens is 2. The van der Waals surface area contributed by atoms with E-state index in [-0.39, 0.29) is 12.3 Å². The lowest BCUT2D eigenvalue weighted by Crippen LogP contribution is -1.99. The summed E-state index contributed by atoms with van der Waals surface area (Å²) in [5.74, 6) is 0.736. The second-order valence-corrected chi connectivity index (χ2v) is 5.60. The van der Waals surface area contributed by atoms with Crippen LogP contribution in [0.1, 0.15) is 5.69 Å². The molecule has 0 aliphatic rings. The van der Waals surface area contributed by atoms with E-state index < -0.39 is 4.92 Å². The molecule has 3 aromatic rings. The molecule has 0 N–H and O–H groups in total. The first kappa shape index (κ1) is 15.9. The van der Waals surface area contributed by atoms with Gasteiger partial charge >= 0.3 is 0 Å². The van der Waals surface area contributed by atoms with Gasteiger partial charge in [-0.1, -0.05) is 6.07 Å². The van der Waals surface area contributed by atoms with Crippen LogP contribution >= 0.6 is 11.3 Å². The van der Waals surface area contributed by atoms with Crippen molar-refractivity contribution in [2.75, 3.05) is 7.11 Å². The van der Waals surface area contributed by atoms with Gasteiger partial charge in [0.15, 0.2) is 11.5 Å². The van der Waals surface area contributed by atoms with Gasteiger partial charge in [-0.3, -0.25) is 15.1 Å². The maximum Gasteiger partial charge on any atom is 0.273 e. The zero-order valence-corrected chi connectivity index (χ0v) is 13.5. The van der Waals surface area contributed by atoms with Gasteiger partial charge in [-0.2, -0.15) is 0 Å². The minimum absolute atomic E-state index is 0.0572. The predicted octanol–water partition coefficient (Wildman–Crippen LogP) is 3.70. The number of nitrogens with zero attached hydrogens (tertiary/aromatic N) is 3. The second-order valence-electron chi connectivity index (χ2n) is 4.74. The summed E-state index contributed by atoms with van der Waals surface area (Å²) in [6.07, 6.45) is 1.71. The highest BCUT2D eigenvalue weighted by Gasteiger charge is 2.13. The number of rotatable bonds is 6. The monoisotopic (exact) mass is 343 g/mol. The Hall–Kier alpha value is -3.00. The van der Waals surface area contributed by atoms with Crippen molar-refractivity contribution in [2.45, 2.75) is 6.61 Å². The molecular formula is C16H13N3O4S. The number of non-ortho nitro benzene ring substituents is 1. The summed E-state index contributed by atoms with van der Waals surface area (Å²) in [6.45, 7) is 0.181. The zero-order valence-electron chi connectivity index (χ0n) is 12.7. The van der Waals surface area contributed by atoms with Gasteiger partial charge in [0.25, 0.3) is 5.69 Å². The summed E-state index contributed by atoms with van der Waals surface area (Å²) in [7, 11) is 1.48. The van der Waals surface area contributed by atoms with Gasteiger partial charge in [-0.25, -0.2) is 4.98 Å². The number of hydrogen-bond donors (Lipinski definition) is 0. The van der Waals surface area contributed by atoms with Gasteiger partial charge in [0.2, 0.25) is 0 Å². The predicted molar refractivity (Wildman–Crippen MR) is 89.3 cm³/mol. The maximum absolute atomic E-state index is 10.9. The Labute approximate surface area is 141 Å². The third-order valence-corrected chi connectivity index (χ3v) is 4.08. The Balaban J connectivity index is 1.75. The number of benzene rings is 1. The van der Waals surface area contributed by atoms with E-state index >= 15 is 0 Å². The van der Waals surface area contributed by atoms with Crippen LogP contribution in [0.3, 0.4) is 0 Å². The average molecular weight is 343 g/mol. The van der Waals surface area contributed by atoms with Gasteiger partial charge < -0.3 is 9.47 Å². The van der Waals surface area contributed by atoms with Crippen molar-refractivity contribution in [3.8, 4) is 22.2 Å². The minimum Gasteiger partial charge on any atom is -0.493 e. The molecule has 3 rings (SSSR count). The molecule has 0 spiro atoms. The molecule has 1 aromatic carbocycles. The number of thiazole rings is 1. The van der Waals surface area contributed by atoms with E-state index in [1.54, 1.807) is 6.20 Å². The van der Waals surface area contributed by atoms with Crippen LogP contribution in [0.25, 0.3) is 10.7 Å². The molecule has 2 aromatic heterocycles. The van der Waals surface area contributed by atoms with Crippen molar-refractivity contribution < 1.29 is 14.4 Å². The Morgan fingerprint density at radius 1 is 1.25 bits per heavy atom. The molecule has 0 bridgehead atoms. The molecule has 0 radical (unpaired) electrons. The number of methoxy groups -OCH3 is 1. The molecule has 8 heteroatoms. The highest BCUT2D eigenvalue weighted by atomic mass is 32.1. The molecule has 0 aliphatic heterocycles. The molecule has 7 nitrogen and oxygen atoms in total. The van der Waals surface area contributed by atoms with E-state index in [1.807, 2.05) is 23.6 Å². The fourth-order valence-corrected chi connectivity index (χ4v) is 2.80. The Kier molecular flexibility index (Phi) is 4.66. The van der Waals surface area contributed by atoms with Gasteiger partial charge in [-0.15, -0.1) is 11.3 Å². The Morgan fingerprint density at radius 2 is 2.12 bits per heavy atom. The van der Waals surface area contributed by atoms with E-state index in [1.165, 1.54) is 36.6 Å². The van der Waals surface area contributed by atoms with E-state index in [0.717, 1.165) is 10.7 Å². The summed E-state index contributed by atoms with van der Waals surface area (Å²) in [5, 5.41) is 13.5. The number of nitro benzene ring substituents is 1. The summed E-state index contributed by atoms with van der Waals surface area (Å²) in [6, 6.07) is 9.84. The van der Waals surface area contributed by atoms with Crippen LogP contribution in [-0.2, 0) is 6.61 Å². The van der Waals surface area contributed by atoms with Crippen LogP contribution < -0.4 is 9.47 Å². The van der Waals surface area contributed by atoms with Crippen LogP contribution in [0.5, 0.6) is 11.5 Å². The lowest BCUT2D eigenvalue weighted by molar-refractivity contribution is -0.385. The number of nitro groups is 1. The molecule has 0 aliphatic carbocycles. The van der Waals surface area contributed by atoms with Crippen LogP contribution in [0.2, 0.25) is 0 Å². The average Bonchev–Trinajstić information content (AvgIpc) is 3.09. The molecule has 0 atom stereocenters. The van der Waals surface area contributed by atoms with Gasteiger partial charge in [0.05, 0.1) is 29.5 Å². The van der Waals surface area contributed by atoms with E-state index in [9.17, 15) is 10.1 Å². The third-order valence-electron chi connectivity index (χ3n) is 3.17. The van der Waals surface area contributed by atoms with Gasteiger partial charge in [0, 0.05) is 17.6 Å². The second kappa shape index (κ2) is 7.05. The molecule has 0 fully saturated rings. The van der Waals surface area contributed by atoms with Crippen LogP contribution in [0.15, 0.2) is 48.0 Å². The van der Waals surface area contributed by atoms with Gasteiger partial charge in [0.1, 0.15) is 11.6 Å². The first-order valence-corrected chi connectivity index (χ1v) is 7.86. The summed E-state index contributed by atoms with van der Waals surface area (Å²) in [4.78, 5) is 19.1. The highest BCUT2D eigenvalue weighted by molar-refractivity contribution is 7.13. The quantitative estimate of drug-likeness (QED) is 0.501. The molecule has 0 saturated heterocycles. The largest absolute Gasteiger partial charge is 0.493 e. The molecule has 0 amide bonds. The van der Waals surface area contributed by atoms with Crippen LogP contribution in [-0.4, -0.2) is 22.0 Å².